The van der Waals surface area contributed by atoms with Gasteiger partial charge in [0.1, 0.15) is 5.75 Å². The van der Waals surface area contributed by atoms with Gasteiger partial charge in [-0.25, -0.2) is 0 Å². The van der Waals surface area contributed by atoms with Crippen molar-refractivity contribution in [3.8, 4) is 17.6 Å². The fourth-order valence-corrected chi connectivity index (χ4v) is 0.994. The normalized spacial score (nSPS) is 8.83. The predicted molar refractivity (Wildman–Crippen MR) is 53.8 cm³/mol. The molecule has 1 aromatic rings. The van der Waals surface area contributed by atoms with E-state index < -0.39 is 0 Å². The Morgan fingerprint density at radius 3 is 2.92 bits per heavy atom. The summed E-state index contributed by atoms with van der Waals surface area (Å²) in [5.41, 5.74) is 0.538. The summed E-state index contributed by atoms with van der Waals surface area (Å²) in [4.78, 5) is 0. The number of aromatic hydroxyl groups is 1. The summed E-state index contributed by atoms with van der Waals surface area (Å²) in [5, 5.41) is 9.84. The topological polar surface area (TPSA) is 20.2 Å². The molecule has 3 heteroatoms. The monoisotopic (exact) mass is 198 g/mol. The lowest BCUT2D eigenvalue weighted by Crippen LogP contribution is -1.76. The molecule has 0 aromatic heterocycles. The quantitative estimate of drug-likeness (QED) is 0.484. The van der Waals surface area contributed by atoms with Gasteiger partial charge in [0.15, 0.2) is 0 Å². The Kier molecular flexibility index (Phi) is 3.33. The summed E-state index contributed by atoms with van der Waals surface area (Å²) in [6.07, 6.45) is 0. The van der Waals surface area contributed by atoms with Gasteiger partial charge in [-0.15, -0.1) is 0 Å². The van der Waals surface area contributed by atoms with E-state index >= 15 is 0 Å². The number of hydrogen-bond donors (Lipinski definition) is 2. The van der Waals surface area contributed by atoms with Gasteiger partial charge in [0.05, 0.1) is 11.3 Å². The third kappa shape index (κ3) is 2.37. The molecule has 0 heterocycles. The molecule has 1 rings (SSSR count). The lowest BCUT2D eigenvalue weighted by atomic mass is 10.2. The maximum Gasteiger partial charge on any atom is 0.131 e. The second-order valence-electron chi connectivity index (χ2n) is 2.12. The molecule has 0 saturated carbocycles. The van der Waals surface area contributed by atoms with Crippen molar-refractivity contribution in [3.63, 3.8) is 0 Å². The van der Waals surface area contributed by atoms with Gasteiger partial charge in [-0.1, -0.05) is 23.4 Å². The van der Waals surface area contributed by atoms with E-state index in [2.05, 4.69) is 24.5 Å². The third-order valence-corrected chi connectivity index (χ3v) is 1.65. The Balaban J connectivity index is 3.05. The van der Waals surface area contributed by atoms with Gasteiger partial charge in [-0.05, 0) is 18.2 Å². The van der Waals surface area contributed by atoms with Crippen molar-refractivity contribution < 1.29 is 5.11 Å². The zero-order valence-electron chi connectivity index (χ0n) is 6.21. The Bertz CT molecular complexity index is 338. The molecule has 0 aliphatic rings. The third-order valence-electron chi connectivity index (χ3n) is 1.26. The molecule has 1 N–H and O–H groups in total. The summed E-state index contributed by atoms with van der Waals surface area (Å²) < 4.78 is 0. The van der Waals surface area contributed by atoms with Crippen molar-refractivity contribution in [2.75, 3.05) is 5.75 Å². The van der Waals surface area contributed by atoms with Gasteiger partial charge in [0.25, 0.3) is 0 Å². The zero-order valence-corrected chi connectivity index (χ0v) is 7.86. The maximum atomic E-state index is 9.28. The van der Waals surface area contributed by atoms with Crippen molar-refractivity contribution in [2.24, 2.45) is 0 Å². The fraction of sp³-hybridized carbons (Fsp3) is 0.111. The van der Waals surface area contributed by atoms with Crippen LogP contribution in [0.15, 0.2) is 18.2 Å². The van der Waals surface area contributed by atoms with Crippen LogP contribution in [-0.2, 0) is 0 Å². The van der Waals surface area contributed by atoms with Gasteiger partial charge in [-0.3, -0.25) is 0 Å². The molecule has 0 aliphatic heterocycles. The smallest absolute Gasteiger partial charge is 0.131 e. The number of thiol groups is 1. The van der Waals surface area contributed by atoms with E-state index in [1.165, 1.54) is 6.07 Å². The lowest BCUT2D eigenvalue weighted by Gasteiger charge is -1.95. The molecule has 0 radical (unpaired) electrons. The van der Waals surface area contributed by atoms with E-state index in [1.807, 2.05) is 0 Å². The number of phenolic OH excluding ortho intramolecular Hbond substituents is 1. The molecule has 0 bridgehead atoms. The molecule has 1 nitrogen and oxygen atoms in total. The van der Waals surface area contributed by atoms with E-state index in [-0.39, 0.29) is 5.75 Å². The minimum absolute atomic E-state index is 0.147. The lowest BCUT2D eigenvalue weighted by molar-refractivity contribution is 0.473. The van der Waals surface area contributed by atoms with Crippen LogP contribution in [0.25, 0.3) is 0 Å². The van der Waals surface area contributed by atoms with Crippen LogP contribution in [0.1, 0.15) is 5.56 Å². The summed E-state index contributed by atoms with van der Waals surface area (Å²) in [6, 6.07) is 4.75. The summed E-state index contributed by atoms with van der Waals surface area (Å²) in [5.74, 6) is 6.08. The van der Waals surface area contributed by atoms with Gasteiger partial charge < -0.3 is 5.11 Å². The Morgan fingerprint density at radius 1 is 1.50 bits per heavy atom. The van der Waals surface area contributed by atoms with Crippen molar-refractivity contribution in [3.05, 3.63) is 28.8 Å². The van der Waals surface area contributed by atoms with E-state index in [1.54, 1.807) is 12.1 Å². The van der Waals surface area contributed by atoms with Crippen molar-refractivity contribution >= 4 is 24.2 Å². The molecule has 1 aromatic carbocycles. The molecule has 0 saturated heterocycles. The highest BCUT2D eigenvalue weighted by atomic mass is 35.5. The maximum absolute atomic E-state index is 9.28. The van der Waals surface area contributed by atoms with E-state index in [0.29, 0.717) is 16.3 Å². The highest BCUT2D eigenvalue weighted by Crippen LogP contribution is 2.19. The molecule has 62 valence electrons. The van der Waals surface area contributed by atoms with Crippen LogP contribution < -0.4 is 0 Å². The molecule has 0 amide bonds. The van der Waals surface area contributed by atoms with Crippen LogP contribution in [-0.4, -0.2) is 10.9 Å². The summed E-state index contributed by atoms with van der Waals surface area (Å²) in [7, 11) is 0. The minimum Gasteiger partial charge on any atom is -0.507 e. The Labute approximate surface area is 81.8 Å². The Morgan fingerprint density at radius 2 is 2.25 bits per heavy atom. The molecule has 0 unspecified atom stereocenters. The van der Waals surface area contributed by atoms with Gasteiger partial charge in [-0.2, -0.15) is 12.6 Å². The van der Waals surface area contributed by atoms with Crippen LogP contribution in [0.5, 0.6) is 5.75 Å². The molecular formula is C9H7ClOS. The van der Waals surface area contributed by atoms with Crippen LogP contribution in [0.4, 0.5) is 0 Å². The average Bonchev–Trinajstić information content (AvgIpc) is 2.07. The molecule has 12 heavy (non-hydrogen) atoms. The van der Waals surface area contributed by atoms with Gasteiger partial charge >= 0.3 is 0 Å². The Hall–Kier alpha value is -0.780. The summed E-state index contributed by atoms with van der Waals surface area (Å²) >= 11 is 9.62. The second-order valence-corrected chi connectivity index (χ2v) is 2.87. The highest BCUT2D eigenvalue weighted by Gasteiger charge is 1.96. The first kappa shape index (κ1) is 9.31. The number of phenols is 1. The summed E-state index contributed by atoms with van der Waals surface area (Å²) in [6.45, 7) is 0. The molecule has 0 fully saturated rings. The highest BCUT2D eigenvalue weighted by molar-refractivity contribution is 7.80. The molecule has 0 spiro atoms. The first-order valence-electron chi connectivity index (χ1n) is 3.32. The van der Waals surface area contributed by atoms with Gasteiger partial charge in [0.2, 0.25) is 0 Å². The fourth-order valence-electron chi connectivity index (χ4n) is 0.743. The van der Waals surface area contributed by atoms with E-state index in [4.69, 9.17) is 11.6 Å². The number of halogens is 1. The number of benzene rings is 1. The van der Waals surface area contributed by atoms with E-state index in [9.17, 15) is 5.11 Å². The van der Waals surface area contributed by atoms with Crippen molar-refractivity contribution in [2.45, 2.75) is 0 Å². The predicted octanol–water partition coefficient (Wildman–Crippen LogP) is 2.33. The standard InChI is InChI=1S/C9H7ClOS/c10-8-3-4-9(11)7(6-8)2-1-5-12/h3-4,6,11-12H,5H2. The SMILES string of the molecule is Oc1ccc(Cl)cc1C#CCS. The molecule has 0 atom stereocenters. The first-order chi connectivity index (χ1) is 5.74. The molecule has 0 aliphatic carbocycles. The average molecular weight is 199 g/mol. The van der Waals surface area contributed by atoms with Crippen molar-refractivity contribution in [1.29, 1.82) is 0 Å². The first-order valence-corrected chi connectivity index (χ1v) is 4.33. The van der Waals surface area contributed by atoms with Crippen LogP contribution in [0.3, 0.4) is 0 Å². The minimum atomic E-state index is 0.147. The largest absolute Gasteiger partial charge is 0.507 e. The van der Waals surface area contributed by atoms with Crippen molar-refractivity contribution in [1.82, 2.24) is 0 Å². The number of rotatable bonds is 0. The zero-order chi connectivity index (χ0) is 8.97. The second kappa shape index (κ2) is 4.30. The van der Waals surface area contributed by atoms with Crippen LogP contribution in [0, 0.1) is 11.8 Å². The van der Waals surface area contributed by atoms with Gasteiger partial charge in [0, 0.05) is 5.02 Å². The number of hydrogen-bond acceptors (Lipinski definition) is 2. The van der Waals surface area contributed by atoms with E-state index in [0.717, 1.165) is 0 Å². The molecular weight excluding hydrogens is 192 g/mol. The van der Waals surface area contributed by atoms with Crippen LogP contribution in [0.2, 0.25) is 5.02 Å². The van der Waals surface area contributed by atoms with Crippen LogP contribution >= 0.6 is 24.2 Å².